The second kappa shape index (κ2) is 8.11. The van der Waals surface area contributed by atoms with Crippen molar-refractivity contribution in [2.24, 2.45) is 0 Å². The fourth-order valence-electron chi connectivity index (χ4n) is 1.52. The molecule has 3 N–H and O–H groups in total. The zero-order valence-electron chi connectivity index (χ0n) is 11.3. The summed E-state index contributed by atoms with van der Waals surface area (Å²) in [5.74, 6) is -1.53. The minimum atomic E-state index is -0.931. The van der Waals surface area contributed by atoms with E-state index in [0.29, 0.717) is 11.4 Å². The normalized spacial score (nSPS) is 9.81. The molecule has 0 aliphatic carbocycles. The van der Waals surface area contributed by atoms with Crippen molar-refractivity contribution in [3.63, 3.8) is 0 Å². The highest BCUT2D eigenvalue weighted by Crippen LogP contribution is 2.21. The number of nitrogens with one attached hydrogen (secondary N) is 2. The number of halogens is 1. The summed E-state index contributed by atoms with van der Waals surface area (Å²) in [5, 5.41) is 13.8. The average Bonchev–Trinajstić information content (AvgIpc) is 2.43. The van der Waals surface area contributed by atoms with E-state index in [-0.39, 0.29) is 24.2 Å². The van der Waals surface area contributed by atoms with Crippen LogP contribution in [0.3, 0.4) is 0 Å². The van der Waals surface area contributed by atoms with Crippen molar-refractivity contribution >= 4 is 35.3 Å². The molecule has 0 bridgehead atoms. The molecule has 0 radical (unpaired) electrons. The Balaban J connectivity index is 2.64. The Kier molecular flexibility index (Phi) is 6.48. The number of aliphatic carboxylic acids is 1. The molecule has 2 amide bonds. The SMILES string of the molecule is COC(=O)c1ccc(Cl)cc1NC(=O)NCCCC(=O)O. The minimum absolute atomic E-state index is 0.0368. The Morgan fingerprint density at radius 1 is 1.33 bits per heavy atom. The van der Waals surface area contributed by atoms with E-state index in [0.717, 1.165) is 0 Å². The highest BCUT2D eigenvalue weighted by molar-refractivity contribution is 6.31. The first-order chi connectivity index (χ1) is 9.93. The van der Waals surface area contributed by atoms with E-state index >= 15 is 0 Å². The zero-order valence-corrected chi connectivity index (χ0v) is 12.1. The molecule has 0 atom stereocenters. The number of carbonyl (C=O) groups excluding carboxylic acids is 2. The molecule has 21 heavy (non-hydrogen) atoms. The van der Waals surface area contributed by atoms with Crippen LogP contribution < -0.4 is 10.6 Å². The molecule has 1 aromatic carbocycles. The molecule has 1 rings (SSSR count). The molecular formula is C13H15ClN2O5. The van der Waals surface area contributed by atoms with Crippen molar-refractivity contribution in [2.75, 3.05) is 19.0 Å². The first-order valence-corrected chi connectivity index (χ1v) is 6.46. The summed E-state index contributed by atoms with van der Waals surface area (Å²) in [6.07, 6.45) is 0.271. The van der Waals surface area contributed by atoms with Crippen LogP contribution in [-0.2, 0) is 9.53 Å². The van der Waals surface area contributed by atoms with Crippen molar-refractivity contribution in [2.45, 2.75) is 12.8 Å². The molecule has 0 saturated heterocycles. The number of ether oxygens (including phenoxy) is 1. The lowest BCUT2D eigenvalue weighted by atomic mass is 10.2. The van der Waals surface area contributed by atoms with Gasteiger partial charge in [-0.05, 0) is 24.6 Å². The Labute approximate surface area is 126 Å². The van der Waals surface area contributed by atoms with Gasteiger partial charge in [0.25, 0.3) is 0 Å². The number of anilines is 1. The number of methoxy groups -OCH3 is 1. The van der Waals surface area contributed by atoms with Gasteiger partial charge in [0.15, 0.2) is 0 Å². The first kappa shape index (κ1) is 16.8. The molecule has 0 aliphatic rings. The van der Waals surface area contributed by atoms with Crippen molar-refractivity contribution in [1.29, 1.82) is 0 Å². The molecule has 0 saturated carbocycles. The molecule has 114 valence electrons. The fraction of sp³-hybridized carbons (Fsp3) is 0.308. The first-order valence-electron chi connectivity index (χ1n) is 6.08. The molecule has 0 aliphatic heterocycles. The van der Waals surface area contributed by atoms with E-state index in [1.165, 1.54) is 25.3 Å². The van der Waals surface area contributed by atoms with E-state index in [1.54, 1.807) is 0 Å². The van der Waals surface area contributed by atoms with Crippen LogP contribution in [0.2, 0.25) is 5.02 Å². The van der Waals surface area contributed by atoms with Gasteiger partial charge in [-0.2, -0.15) is 0 Å². The Morgan fingerprint density at radius 2 is 2.05 bits per heavy atom. The van der Waals surface area contributed by atoms with Gasteiger partial charge < -0.3 is 20.5 Å². The highest BCUT2D eigenvalue weighted by atomic mass is 35.5. The topological polar surface area (TPSA) is 105 Å². The molecule has 0 heterocycles. The third-order valence-electron chi connectivity index (χ3n) is 2.49. The second-order valence-corrected chi connectivity index (χ2v) is 4.50. The van der Waals surface area contributed by atoms with Gasteiger partial charge in [-0.25, -0.2) is 9.59 Å². The van der Waals surface area contributed by atoms with Gasteiger partial charge in [0.2, 0.25) is 0 Å². The van der Waals surface area contributed by atoms with Gasteiger partial charge in [0, 0.05) is 18.0 Å². The lowest BCUT2D eigenvalue weighted by Crippen LogP contribution is -2.30. The minimum Gasteiger partial charge on any atom is -0.481 e. The lowest BCUT2D eigenvalue weighted by molar-refractivity contribution is -0.137. The Hall–Kier alpha value is -2.28. The summed E-state index contributed by atoms with van der Waals surface area (Å²) in [4.78, 5) is 33.6. The van der Waals surface area contributed by atoms with Crippen LogP contribution in [0.15, 0.2) is 18.2 Å². The maximum Gasteiger partial charge on any atom is 0.339 e. The number of rotatable bonds is 6. The average molecular weight is 315 g/mol. The summed E-state index contributed by atoms with van der Waals surface area (Å²) >= 11 is 5.82. The monoisotopic (exact) mass is 314 g/mol. The molecule has 0 fully saturated rings. The predicted molar refractivity (Wildman–Crippen MR) is 76.7 cm³/mol. The van der Waals surface area contributed by atoms with Gasteiger partial charge in [0.05, 0.1) is 18.4 Å². The molecule has 0 spiro atoms. The summed E-state index contributed by atoms with van der Waals surface area (Å²) in [6.45, 7) is 0.201. The molecule has 0 aromatic heterocycles. The summed E-state index contributed by atoms with van der Waals surface area (Å²) in [7, 11) is 1.23. The van der Waals surface area contributed by atoms with Crippen LogP contribution in [0, 0.1) is 0 Å². The third kappa shape index (κ3) is 5.70. The number of carboxylic acids is 1. The van der Waals surface area contributed by atoms with Crippen LogP contribution in [0.1, 0.15) is 23.2 Å². The Morgan fingerprint density at radius 3 is 2.67 bits per heavy atom. The molecular weight excluding hydrogens is 300 g/mol. The van der Waals surface area contributed by atoms with E-state index in [4.69, 9.17) is 16.7 Å². The molecule has 0 unspecified atom stereocenters. The van der Waals surface area contributed by atoms with Crippen LogP contribution in [0.25, 0.3) is 0 Å². The quantitative estimate of drug-likeness (QED) is 0.551. The maximum absolute atomic E-state index is 11.7. The number of carboxylic acid groups (broad SMARTS) is 1. The number of esters is 1. The number of hydrogen-bond donors (Lipinski definition) is 3. The van der Waals surface area contributed by atoms with E-state index in [2.05, 4.69) is 15.4 Å². The number of hydrogen-bond acceptors (Lipinski definition) is 4. The van der Waals surface area contributed by atoms with Crippen LogP contribution >= 0.6 is 11.6 Å². The van der Waals surface area contributed by atoms with Crippen LogP contribution in [0.5, 0.6) is 0 Å². The van der Waals surface area contributed by atoms with Gasteiger partial charge in [-0.3, -0.25) is 4.79 Å². The van der Waals surface area contributed by atoms with Crippen LogP contribution in [0.4, 0.5) is 10.5 Å². The Bertz CT molecular complexity index is 547. The third-order valence-corrected chi connectivity index (χ3v) is 2.72. The van der Waals surface area contributed by atoms with Gasteiger partial charge >= 0.3 is 18.0 Å². The predicted octanol–water partition coefficient (Wildman–Crippen LogP) is 2.11. The zero-order chi connectivity index (χ0) is 15.8. The summed E-state index contributed by atoms with van der Waals surface area (Å²) < 4.78 is 4.60. The fourth-order valence-corrected chi connectivity index (χ4v) is 1.69. The smallest absolute Gasteiger partial charge is 0.339 e. The molecule has 8 heteroatoms. The number of carbonyl (C=O) groups is 3. The van der Waals surface area contributed by atoms with Gasteiger partial charge in [-0.15, -0.1) is 0 Å². The van der Waals surface area contributed by atoms with Gasteiger partial charge in [0.1, 0.15) is 0 Å². The lowest BCUT2D eigenvalue weighted by Gasteiger charge is -2.11. The molecule has 7 nitrogen and oxygen atoms in total. The van der Waals surface area contributed by atoms with E-state index in [1.807, 2.05) is 0 Å². The van der Waals surface area contributed by atoms with Crippen LogP contribution in [-0.4, -0.2) is 36.7 Å². The molecule has 1 aromatic rings. The van der Waals surface area contributed by atoms with Crippen molar-refractivity contribution < 1.29 is 24.2 Å². The van der Waals surface area contributed by atoms with E-state index in [9.17, 15) is 14.4 Å². The number of amides is 2. The summed E-state index contributed by atoms with van der Waals surface area (Å²) in [5.41, 5.74) is 0.382. The van der Waals surface area contributed by atoms with Crippen molar-refractivity contribution in [3.8, 4) is 0 Å². The van der Waals surface area contributed by atoms with E-state index < -0.39 is 18.0 Å². The maximum atomic E-state index is 11.7. The van der Waals surface area contributed by atoms with Crippen molar-refractivity contribution in [1.82, 2.24) is 5.32 Å². The number of urea groups is 1. The largest absolute Gasteiger partial charge is 0.481 e. The highest BCUT2D eigenvalue weighted by Gasteiger charge is 2.14. The van der Waals surface area contributed by atoms with Gasteiger partial charge in [-0.1, -0.05) is 11.6 Å². The number of benzene rings is 1. The second-order valence-electron chi connectivity index (χ2n) is 4.06. The standard InChI is InChI=1S/C13H15ClN2O5/c1-21-12(19)9-5-4-8(14)7-10(9)16-13(20)15-6-2-3-11(17)18/h4-5,7H,2-3,6H2,1H3,(H,17,18)(H2,15,16,20). The van der Waals surface area contributed by atoms with Crippen molar-refractivity contribution in [3.05, 3.63) is 28.8 Å². The summed E-state index contributed by atoms with van der Waals surface area (Å²) in [6, 6.07) is 3.80.